The molecule has 2 N–H and O–H groups in total. The van der Waals surface area contributed by atoms with E-state index in [1.165, 1.54) is 6.07 Å². The van der Waals surface area contributed by atoms with Gasteiger partial charge in [0.2, 0.25) is 0 Å². The Morgan fingerprint density at radius 3 is 2.81 bits per heavy atom. The van der Waals surface area contributed by atoms with E-state index < -0.39 is 0 Å². The summed E-state index contributed by atoms with van der Waals surface area (Å²) in [4.78, 5) is 8.63. The number of para-hydroxylation sites is 2. The quantitative estimate of drug-likeness (QED) is 0.390. The second kappa shape index (κ2) is 8.99. The lowest BCUT2D eigenvalue weighted by Gasteiger charge is -2.12. The molecule has 0 bridgehead atoms. The largest absolute Gasteiger partial charge is 0.356 e. The van der Waals surface area contributed by atoms with Crippen molar-refractivity contribution in [1.82, 2.24) is 20.2 Å². The molecule has 0 unspecified atom stereocenters. The van der Waals surface area contributed by atoms with Crippen LogP contribution in [-0.4, -0.2) is 35.6 Å². The molecular formula is C20H24FN5. The smallest absolute Gasteiger partial charge is 0.190 e. The number of fused-ring (bicyclic) bond motifs is 1. The van der Waals surface area contributed by atoms with Gasteiger partial charge in [-0.15, -0.1) is 0 Å². The number of nitrogens with one attached hydrogen (secondary N) is 2. The highest BCUT2D eigenvalue weighted by Gasteiger charge is 2.02. The Morgan fingerprint density at radius 1 is 1.12 bits per heavy atom. The van der Waals surface area contributed by atoms with E-state index in [0.717, 1.165) is 48.5 Å². The molecule has 26 heavy (non-hydrogen) atoms. The van der Waals surface area contributed by atoms with E-state index in [0.29, 0.717) is 6.54 Å². The topological polar surface area (TPSA) is 54.2 Å². The molecule has 1 heterocycles. The van der Waals surface area contributed by atoms with Crippen LogP contribution < -0.4 is 10.6 Å². The van der Waals surface area contributed by atoms with Crippen molar-refractivity contribution in [3.05, 3.63) is 66.2 Å². The minimum atomic E-state index is -0.197. The highest BCUT2D eigenvalue weighted by Crippen LogP contribution is 2.11. The van der Waals surface area contributed by atoms with Crippen molar-refractivity contribution in [1.29, 1.82) is 0 Å². The van der Waals surface area contributed by atoms with Gasteiger partial charge in [0.25, 0.3) is 0 Å². The molecule has 6 heteroatoms. The minimum absolute atomic E-state index is 0.197. The molecule has 0 aliphatic heterocycles. The number of guanidine groups is 1. The van der Waals surface area contributed by atoms with Crippen LogP contribution in [0.3, 0.4) is 0 Å². The van der Waals surface area contributed by atoms with E-state index >= 15 is 0 Å². The zero-order valence-electron chi connectivity index (χ0n) is 15.0. The number of benzene rings is 2. The minimum Gasteiger partial charge on any atom is -0.356 e. The molecule has 3 rings (SSSR count). The molecule has 136 valence electrons. The second-order valence-corrected chi connectivity index (χ2v) is 6.09. The highest BCUT2D eigenvalue weighted by molar-refractivity contribution is 5.79. The molecule has 0 radical (unpaired) electrons. The van der Waals surface area contributed by atoms with Crippen LogP contribution in [-0.2, 0) is 13.0 Å². The van der Waals surface area contributed by atoms with Gasteiger partial charge in [0.05, 0.1) is 17.4 Å². The molecule has 2 aromatic carbocycles. The zero-order valence-corrected chi connectivity index (χ0v) is 15.0. The Balaban J connectivity index is 1.39. The maximum absolute atomic E-state index is 13.2. The number of aromatic nitrogens is 2. The van der Waals surface area contributed by atoms with Gasteiger partial charge in [-0.1, -0.05) is 24.3 Å². The summed E-state index contributed by atoms with van der Waals surface area (Å²) >= 11 is 0. The van der Waals surface area contributed by atoms with Crippen LogP contribution >= 0.6 is 0 Å². The lowest BCUT2D eigenvalue weighted by Crippen LogP contribution is -2.38. The molecule has 1 aromatic heterocycles. The first-order valence-corrected chi connectivity index (χ1v) is 8.85. The van der Waals surface area contributed by atoms with Crippen molar-refractivity contribution in [2.24, 2.45) is 4.99 Å². The van der Waals surface area contributed by atoms with E-state index in [1.54, 1.807) is 19.2 Å². The van der Waals surface area contributed by atoms with Crippen LogP contribution in [0.4, 0.5) is 4.39 Å². The van der Waals surface area contributed by atoms with Crippen molar-refractivity contribution in [2.75, 3.05) is 20.1 Å². The lowest BCUT2D eigenvalue weighted by molar-refractivity contribution is 0.624. The average Bonchev–Trinajstić information content (AvgIpc) is 3.07. The van der Waals surface area contributed by atoms with Gasteiger partial charge in [-0.25, -0.2) is 9.37 Å². The molecule has 0 atom stereocenters. The third-order valence-corrected chi connectivity index (χ3v) is 4.21. The van der Waals surface area contributed by atoms with Gasteiger partial charge in [0.15, 0.2) is 5.96 Å². The number of imidazole rings is 1. The molecule has 0 spiro atoms. The third kappa shape index (κ3) is 4.81. The Labute approximate surface area is 153 Å². The van der Waals surface area contributed by atoms with Crippen molar-refractivity contribution < 1.29 is 4.39 Å². The van der Waals surface area contributed by atoms with Crippen molar-refractivity contribution in [2.45, 2.75) is 19.4 Å². The maximum Gasteiger partial charge on any atom is 0.190 e. The number of hydrogen-bond donors (Lipinski definition) is 2. The fraction of sp³-hybridized carbons (Fsp3) is 0.300. The summed E-state index contributed by atoms with van der Waals surface area (Å²) in [5.74, 6) is 0.564. The number of nitrogens with zero attached hydrogens (tertiary/aromatic N) is 3. The molecule has 3 aromatic rings. The molecule has 0 saturated heterocycles. The van der Waals surface area contributed by atoms with Gasteiger partial charge in [-0.05, 0) is 42.7 Å². The molecule has 0 saturated carbocycles. The van der Waals surface area contributed by atoms with Crippen molar-refractivity contribution in [3.63, 3.8) is 0 Å². The number of halogens is 1. The number of hydrogen-bond acceptors (Lipinski definition) is 2. The molecule has 0 fully saturated rings. The van der Waals surface area contributed by atoms with Gasteiger partial charge >= 0.3 is 0 Å². The monoisotopic (exact) mass is 353 g/mol. The van der Waals surface area contributed by atoms with Crippen LogP contribution in [0, 0.1) is 5.82 Å². The SMILES string of the molecule is CN=C(NCCCn1cnc2ccccc21)NCCc1cccc(F)c1. The zero-order chi connectivity index (χ0) is 18.2. The molecule has 0 aliphatic rings. The standard InChI is InChI=1S/C20H24FN5/c1-22-20(24-12-10-16-6-4-7-17(21)14-16)23-11-5-13-26-15-25-18-8-2-3-9-19(18)26/h2-4,6-9,14-15H,5,10-13H2,1H3,(H2,22,23,24). The van der Waals surface area contributed by atoms with E-state index in [9.17, 15) is 4.39 Å². The van der Waals surface area contributed by atoms with E-state index in [4.69, 9.17) is 0 Å². The van der Waals surface area contributed by atoms with Gasteiger partial charge in [0.1, 0.15) is 5.82 Å². The summed E-state index contributed by atoms with van der Waals surface area (Å²) in [7, 11) is 1.75. The predicted molar refractivity (Wildman–Crippen MR) is 104 cm³/mol. The van der Waals surface area contributed by atoms with Crippen molar-refractivity contribution in [3.8, 4) is 0 Å². The Kier molecular flexibility index (Phi) is 6.19. The number of aliphatic imine (C=N–C) groups is 1. The highest BCUT2D eigenvalue weighted by atomic mass is 19.1. The third-order valence-electron chi connectivity index (χ3n) is 4.21. The van der Waals surface area contributed by atoms with Crippen LogP contribution in [0.5, 0.6) is 0 Å². The van der Waals surface area contributed by atoms with Crippen molar-refractivity contribution >= 4 is 17.0 Å². The van der Waals surface area contributed by atoms with Gasteiger partial charge < -0.3 is 15.2 Å². The molecule has 0 aliphatic carbocycles. The fourth-order valence-electron chi connectivity index (χ4n) is 2.88. The first kappa shape index (κ1) is 17.9. The molecule has 5 nitrogen and oxygen atoms in total. The average molecular weight is 353 g/mol. The predicted octanol–water partition coefficient (Wildman–Crippen LogP) is 2.97. The normalized spacial score (nSPS) is 11.7. The van der Waals surface area contributed by atoms with Gasteiger partial charge in [-0.2, -0.15) is 0 Å². The summed E-state index contributed by atoms with van der Waals surface area (Å²) in [6, 6.07) is 14.8. The number of rotatable bonds is 7. The van der Waals surface area contributed by atoms with E-state index in [1.807, 2.05) is 30.6 Å². The molecule has 0 amide bonds. The van der Waals surface area contributed by atoms with Crippen LogP contribution in [0.25, 0.3) is 11.0 Å². The number of aryl methyl sites for hydroxylation is 1. The lowest BCUT2D eigenvalue weighted by atomic mass is 10.1. The first-order valence-electron chi connectivity index (χ1n) is 8.85. The summed E-state index contributed by atoms with van der Waals surface area (Å²) in [5.41, 5.74) is 3.15. The van der Waals surface area contributed by atoms with Gasteiger partial charge in [-0.3, -0.25) is 4.99 Å². The molecular weight excluding hydrogens is 329 g/mol. The summed E-state index contributed by atoms with van der Waals surface area (Å²) < 4.78 is 15.3. The summed E-state index contributed by atoms with van der Waals surface area (Å²) in [6.07, 6.45) is 3.60. The van der Waals surface area contributed by atoms with Crippen LogP contribution in [0.15, 0.2) is 59.9 Å². The maximum atomic E-state index is 13.2. The van der Waals surface area contributed by atoms with Crippen LogP contribution in [0.2, 0.25) is 0 Å². The Hall–Kier alpha value is -2.89. The van der Waals surface area contributed by atoms with E-state index in [-0.39, 0.29) is 5.82 Å². The van der Waals surface area contributed by atoms with E-state index in [2.05, 4.69) is 31.2 Å². The van der Waals surface area contributed by atoms with Crippen LogP contribution in [0.1, 0.15) is 12.0 Å². The Morgan fingerprint density at radius 2 is 1.96 bits per heavy atom. The summed E-state index contributed by atoms with van der Waals surface area (Å²) in [5, 5.41) is 6.57. The second-order valence-electron chi connectivity index (χ2n) is 6.09. The summed E-state index contributed by atoms with van der Waals surface area (Å²) in [6.45, 7) is 2.41. The first-order chi connectivity index (χ1) is 12.8. The Bertz CT molecular complexity index is 871. The van der Waals surface area contributed by atoms with Gasteiger partial charge in [0, 0.05) is 26.7 Å². The fourth-order valence-corrected chi connectivity index (χ4v) is 2.88.